The molecule has 2 rings (SSSR count). The van der Waals surface area contributed by atoms with Gasteiger partial charge < -0.3 is 4.74 Å². The standard InChI is InChI=1S/C12H11ClF2O4S/c13-20(17,18)11-5-8(9(14)6-10(11)15)12(16)19-4-3-7-1-2-7/h5-7H,1-4H2. The molecular weight excluding hydrogens is 314 g/mol. The second-order valence-electron chi connectivity index (χ2n) is 4.57. The molecular formula is C12H11ClF2O4S. The highest BCUT2D eigenvalue weighted by Gasteiger charge is 2.25. The van der Waals surface area contributed by atoms with Crippen molar-refractivity contribution < 1.29 is 26.7 Å². The van der Waals surface area contributed by atoms with Crippen molar-refractivity contribution in [2.75, 3.05) is 6.61 Å². The Bertz CT molecular complexity index is 641. The average molecular weight is 325 g/mol. The molecule has 0 radical (unpaired) electrons. The number of hydrogen-bond donors (Lipinski definition) is 0. The van der Waals surface area contributed by atoms with E-state index < -0.39 is 37.1 Å². The number of carbonyl (C=O) groups is 1. The molecule has 1 aliphatic rings. The highest BCUT2D eigenvalue weighted by Crippen LogP contribution is 2.32. The van der Waals surface area contributed by atoms with E-state index in [4.69, 9.17) is 15.4 Å². The van der Waals surface area contributed by atoms with Gasteiger partial charge in [0.15, 0.2) is 0 Å². The minimum absolute atomic E-state index is 0.114. The number of hydrogen-bond acceptors (Lipinski definition) is 4. The summed E-state index contributed by atoms with van der Waals surface area (Å²) in [4.78, 5) is 10.7. The maximum Gasteiger partial charge on any atom is 0.341 e. The molecule has 110 valence electrons. The minimum atomic E-state index is -4.41. The summed E-state index contributed by atoms with van der Waals surface area (Å²) >= 11 is 0. The van der Waals surface area contributed by atoms with Crippen LogP contribution in [0, 0.1) is 17.6 Å². The maximum absolute atomic E-state index is 13.5. The largest absolute Gasteiger partial charge is 0.462 e. The topological polar surface area (TPSA) is 60.4 Å². The van der Waals surface area contributed by atoms with Crippen LogP contribution in [0.15, 0.2) is 17.0 Å². The Kier molecular flexibility index (Phi) is 4.29. The van der Waals surface area contributed by atoms with E-state index in [1.165, 1.54) is 0 Å². The van der Waals surface area contributed by atoms with E-state index in [2.05, 4.69) is 0 Å². The molecule has 0 spiro atoms. The van der Waals surface area contributed by atoms with Crippen LogP contribution in [0.25, 0.3) is 0 Å². The molecule has 0 aromatic heterocycles. The van der Waals surface area contributed by atoms with Crippen molar-refractivity contribution in [2.24, 2.45) is 5.92 Å². The molecule has 0 N–H and O–H groups in total. The maximum atomic E-state index is 13.5. The van der Waals surface area contributed by atoms with Gasteiger partial charge in [-0.2, -0.15) is 0 Å². The fraction of sp³-hybridized carbons (Fsp3) is 0.417. The van der Waals surface area contributed by atoms with Crippen LogP contribution in [0.5, 0.6) is 0 Å². The van der Waals surface area contributed by atoms with Gasteiger partial charge in [0.2, 0.25) is 0 Å². The molecule has 1 aromatic rings. The highest BCUT2D eigenvalue weighted by atomic mass is 35.7. The van der Waals surface area contributed by atoms with Crippen molar-refractivity contribution in [3.8, 4) is 0 Å². The summed E-state index contributed by atoms with van der Waals surface area (Å²) in [5.74, 6) is -3.06. The predicted molar refractivity (Wildman–Crippen MR) is 67.0 cm³/mol. The van der Waals surface area contributed by atoms with Crippen molar-refractivity contribution in [1.29, 1.82) is 0 Å². The van der Waals surface area contributed by atoms with Gasteiger partial charge in [-0.3, -0.25) is 0 Å². The lowest BCUT2D eigenvalue weighted by Crippen LogP contribution is -2.11. The Balaban J connectivity index is 2.19. The zero-order chi connectivity index (χ0) is 14.9. The zero-order valence-corrected chi connectivity index (χ0v) is 11.8. The molecule has 8 heteroatoms. The highest BCUT2D eigenvalue weighted by molar-refractivity contribution is 8.13. The molecule has 0 amide bonds. The monoisotopic (exact) mass is 324 g/mol. The molecule has 1 fully saturated rings. The van der Waals surface area contributed by atoms with Crippen LogP contribution in [0.4, 0.5) is 8.78 Å². The van der Waals surface area contributed by atoms with E-state index in [1.54, 1.807) is 0 Å². The lowest BCUT2D eigenvalue weighted by molar-refractivity contribution is 0.0489. The number of halogens is 3. The van der Waals surface area contributed by atoms with Gasteiger partial charge in [-0.25, -0.2) is 22.0 Å². The van der Waals surface area contributed by atoms with E-state index in [0.717, 1.165) is 12.8 Å². The first-order valence-corrected chi connectivity index (χ1v) is 8.21. The van der Waals surface area contributed by atoms with Crippen LogP contribution in [-0.2, 0) is 13.8 Å². The molecule has 0 bridgehead atoms. The fourth-order valence-electron chi connectivity index (χ4n) is 1.67. The van der Waals surface area contributed by atoms with Gasteiger partial charge in [0.1, 0.15) is 16.5 Å². The second-order valence-corrected chi connectivity index (χ2v) is 7.10. The van der Waals surface area contributed by atoms with Crippen molar-refractivity contribution in [3.05, 3.63) is 29.3 Å². The van der Waals surface area contributed by atoms with Gasteiger partial charge in [-0.1, -0.05) is 12.8 Å². The molecule has 0 atom stereocenters. The number of rotatable bonds is 5. The van der Waals surface area contributed by atoms with Gasteiger partial charge in [0, 0.05) is 16.7 Å². The van der Waals surface area contributed by atoms with Crippen LogP contribution >= 0.6 is 10.7 Å². The van der Waals surface area contributed by atoms with E-state index >= 15 is 0 Å². The minimum Gasteiger partial charge on any atom is -0.462 e. The van der Waals surface area contributed by atoms with E-state index in [-0.39, 0.29) is 6.61 Å². The van der Waals surface area contributed by atoms with Crippen LogP contribution < -0.4 is 0 Å². The first kappa shape index (κ1) is 15.2. The lowest BCUT2D eigenvalue weighted by atomic mass is 10.2. The Morgan fingerprint density at radius 3 is 2.50 bits per heavy atom. The van der Waals surface area contributed by atoms with Crippen LogP contribution in [0.1, 0.15) is 29.6 Å². The third-order valence-corrected chi connectivity index (χ3v) is 4.30. The van der Waals surface area contributed by atoms with Gasteiger partial charge in [0.25, 0.3) is 9.05 Å². The molecule has 20 heavy (non-hydrogen) atoms. The van der Waals surface area contributed by atoms with Gasteiger partial charge in [-0.05, 0) is 18.4 Å². The van der Waals surface area contributed by atoms with Crippen molar-refractivity contribution in [1.82, 2.24) is 0 Å². The molecule has 0 unspecified atom stereocenters. The molecule has 0 saturated heterocycles. The zero-order valence-electron chi connectivity index (χ0n) is 10.2. The molecule has 4 nitrogen and oxygen atoms in total. The first-order chi connectivity index (χ1) is 9.29. The number of esters is 1. The summed E-state index contributed by atoms with van der Waals surface area (Å²) in [6.07, 6.45) is 2.84. The van der Waals surface area contributed by atoms with Gasteiger partial charge in [0.05, 0.1) is 12.2 Å². The Hall–Kier alpha value is -1.21. The molecule has 1 aromatic carbocycles. The van der Waals surface area contributed by atoms with Gasteiger partial charge in [-0.15, -0.1) is 0 Å². The van der Waals surface area contributed by atoms with Crippen molar-refractivity contribution >= 4 is 25.7 Å². The Labute approximate surface area is 119 Å². The first-order valence-electron chi connectivity index (χ1n) is 5.90. The smallest absolute Gasteiger partial charge is 0.341 e. The van der Waals surface area contributed by atoms with Crippen molar-refractivity contribution in [3.63, 3.8) is 0 Å². The number of benzene rings is 1. The summed E-state index contributed by atoms with van der Waals surface area (Å²) in [5, 5.41) is 0. The summed E-state index contributed by atoms with van der Waals surface area (Å²) in [6.45, 7) is 0.114. The van der Waals surface area contributed by atoms with Crippen LogP contribution in [-0.4, -0.2) is 21.0 Å². The molecule has 1 aliphatic carbocycles. The van der Waals surface area contributed by atoms with Gasteiger partial charge >= 0.3 is 5.97 Å². The quantitative estimate of drug-likeness (QED) is 0.617. The Morgan fingerprint density at radius 1 is 1.30 bits per heavy atom. The number of ether oxygens (including phenoxy) is 1. The average Bonchev–Trinajstić information content (AvgIpc) is 3.11. The van der Waals surface area contributed by atoms with Crippen LogP contribution in [0.2, 0.25) is 0 Å². The van der Waals surface area contributed by atoms with E-state index in [1.807, 2.05) is 0 Å². The lowest BCUT2D eigenvalue weighted by Gasteiger charge is -2.07. The summed E-state index contributed by atoms with van der Waals surface area (Å²) in [6, 6.07) is 0.846. The molecule has 0 heterocycles. The summed E-state index contributed by atoms with van der Waals surface area (Å²) in [7, 11) is 0.597. The van der Waals surface area contributed by atoms with E-state index in [9.17, 15) is 22.0 Å². The third-order valence-electron chi connectivity index (χ3n) is 2.96. The normalized spacial score (nSPS) is 15.2. The summed E-state index contributed by atoms with van der Waals surface area (Å²) < 4.78 is 53.8. The van der Waals surface area contributed by atoms with Crippen LogP contribution in [0.3, 0.4) is 0 Å². The van der Waals surface area contributed by atoms with E-state index in [0.29, 0.717) is 24.5 Å². The third kappa shape index (κ3) is 3.67. The fourth-order valence-corrected chi connectivity index (χ4v) is 2.58. The Morgan fingerprint density at radius 2 is 1.95 bits per heavy atom. The summed E-state index contributed by atoms with van der Waals surface area (Å²) in [5.41, 5.74) is -0.651. The molecule has 0 aliphatic heterocycles. The molecule has 1 saturated carbocycles. The second kappa shape index (κ2) is 5.65. The number of carbonyl (C=O) groups excluding carboxylic acids is 1. The van der Waals surface area contributed by atoms with Crippen molar-refractivity contribution in [2.45, 2.75) is 24.2 Å². The SMILES string of the molecule is O=C(OCCC1CC1)c1cc(S(=O)(=O)Cl)c(F)cc1F. The predicted octanol–water partition coefficient (Wildman–Crippen LogP) is 2.85.